The van der Waals surface area contributed by atoms with E-state index in [1.54, 1.807) is 30.3 Å². The highest BCUT2D eigenvalue weighted by atomic mass is 16.6. The van der Waals surface area contributed by atoms with E-state index in [0.29, 0.717) is 11.8 Å². The second kappa shape index (κ2) is 3.48. The number of esters is 1. The summed E-state index contributed by atoms with van der Waals surface area (Å²) in [4.78, 5) is 23.2. The Bertz CT molecular complexity index is 475. The number of cyclic esters (lactones) is 1. The molecule has 1 aromatic rings. The van der Waals surface area contributed by atoms with E-state index in [-0.39, 0.29) is 5.57 Å². The number of carbonyl (C=O) groups excluding carboxylic acids is 2. The minimum atomic E-state index is -1.33. The van der Waals surface area contributed by atoms with Gasteiger partial charge in [0.25, 0.3) is 0 Å². The molecule has 1 heterocycles. The largest absolute Gasteiger partial charge is 0.515 e. The number of aliphatic hydroxyl groups is 1. The number of Topliss-reactive ketones (excluding diaryl/α,β-unsaturated/α-hetero) is 1. The van der Waals surface area contributed by atoms with Gasteiger partial charge in [-0.3, -0.25) is 4.79 Å². The number of benzene rings is 1. The Labute approximate surface area is 92.2 Å². The third-order valence-electron chi connectivity index (χ3n) is 2.65. The van der Waals surface area contributed by atoms with Crippen LogP contribution >= 0.6 is 0 Å². The molecule has 1 atom stereocenters. The molecule has 1 aliphatic rings. The zero-order chi connectivity index (χ0) is 11.8. The van der Waals surface area contributed by atoms with Crippen molar-refractivity contribution < 1.29 is 19.4 Å². The maximum atomic E-state index is 11.9. The molecule has 1 N–H and O–H groups in total. The molecule has 82 valence electrons. The predicted octanol–water partition coefficient (Wildman–Crippen LogP) is 1.47. The summed E-state index contributed by atoms with van der Waals surface area (Å²) in [6.07, 6.45) is 0.499. The van der Waals surface area contributed by atoms with Gasteiger partial charge < -0.3 is 9.84 Å². The van der Waals surface area contributed by atoms with E-state index in [2.05, 4.69) is 0 Å². The highest BCUT2D eigenvalue weighted by Gasteiger charge is 2.50. The van der Waals surface area contributed by atoms with Crippen molar-refractivity contribution >= 4 is 11.8 Å². The lowest BCUT2D eigenvalue weighted by Crippen LogP contribution is -2.29. The predicted molar refractivity (Wildman–Crippen MR) is 55.6 cm³/mol. The van der Waals surface area contributed by atoms with Crippen LogP contribution in [0.5, 0.6) is 0 Å². The van der Waals surface area contributed by atoms with E-state index >= 15 is 0 Å². The molecular formula is C12H10O4. The zero-order valence-electron chi connectivity index (χ0n) is 8.64. The van der Waals surface area contributed by atoms with Crippen molar-refractivity contribution in [2.45, 2.75) is 12.5 Å². The van der Waals surface area contributed by atoms with Crippen LogP contribution in [-0.4, -0.2) is 16.9 Å². The van der Waals surface area contributed by atoms with E-state index in [9.17, 15) is 9.59 Å². The molecule has 0 aliphatic carbocycles. The standard InChI is InChI=1S/C12H10O4/c1-12(8-5-3-2-4-6-8)10(14)9(7-13)11(15)16-12/h2-7,13H,1H3/b9-7+. The summed E-state index contributed by atoms with van der Waals surface area (Å²) in [5, 5.41) is 8.80. The summed E-state index contributed by atoms with van der Waals surface area (Å²) in [7, 11) is 0. The second-order valence-corrected chi connectivity index (χ2v) is 3.66. The van der Waals surface area contributed by atoms with Crippen LogP contribution in [0.25, 0.3) is 0 Å². The highest BCUT2D eigenvalue weighted by molar-refractivity contribution is 6.24. The van der Waals surface area contributed by atoms with E-state index in [1.807, 2.05) is 0 Å². The van der Waals surface area contributed by atoms with Gasteiger partial charge in [-0.15, -0.1) is 0 Å². The van der Waals surface area contributed by atoms with Gasteiger partial charge in [0.05, 0.1) is 6.26 Å². The fraction of sp³-hybridized carbons (Fsp3) is 0.167. The third-order valence-corrected chi connectivity index (χ3v) is 2.65. The number of ketones is 1. The molecule has 2 rings (SSSR count). The summed E-state index contributed by atoms with van der Waals surface area (Å²) < 4.78 is 5.03. The molecule has 16 heavy (non-hydrogen) atoms. The van der Waals surface area contributed by atoms with E-state index in [4.69, 9.17) is 9.84 Å². The minimum absolute atomic E-state index is 0.314. The first-order valence-corrected chi connectivity index (χ1v) is 4.77. The fourth-order valence-corrected chi connectivity index (χ4v) is 1.69. The molecule has 1 saturated heterocycles. The van der Waals surface area contributed by atoms with Crippen LogP contribution in [0, 0.1) is 0 Å². The van der Waals surface area contributed by atoms with Gasteiger partial charge in [0.2, 0.25) is 5.78 Å². The van der Waals surface area contributed by atoms with Gasteiger partial charge in [0.1, 0.15) is 5.57 Å². The third kappa shape index (κ3) is 1.31. The molecule has 4 nitrogen and oxygen atoms in total. The fourth-order valence-electron chi connectivity index (χ4n) is 1.69. The molecule has 1 unspecified atom stereocenters. The van der Waals surface area contributed by atoms with Crippen molar-refractivity contribution in [2.75, 3.05) is 0 Å². The number of hydrogen-bond acceptors (Lipinski definition) is 4. The monoisotopic (exact) mass is 218 g/mol. The zero-order valence-corrected chi connectivity index (χ0v) is 8.64. The Hall–Kier alpha value is -2.10. The quantitative estimate of drug-likeness (QED) is 0.335. The lowest BCUT2D eigenvalue weighted by atomic mass is 9.90. The number of carbonyl (C=O) groups is 2. The Morgan fingerprint density at radius 3 is 2.38 bits per heavy atom. The summed E-state index contributed by atoms with van der Waals surface area (Å²) in [6.45, 7) is 1.51. The van der Waals surface area contributed by atoms with Crippen LogP contribution in [0.2, 0.25) is 0 Å². The topological polar surface area (TPSA) is 63.6 Å². The maximum absolute atomic E-state index is 11.9. The molecule has 1 aromatic carbocycles. The van der Waals surface area contributed by atoms with Gasteiger partial charge in [-0.2, -0.15) is 0 Å². The van der Waals surface area contributed by atoms with Gasteiger partial charge in [-0.1, -0.05) is 30.3 Å². The number of rotatable bonds is 1. The second-order valence-electron chi connectivity index (χ2n) is 3.66. The van der Waals surface area contributed by atoms with Crippen LogP contribution in [0.1, 0.15) is 12.5 Å². The van der Waals surface area contributed by atoms with Crippen LogP contribution in [-0.2, 0) is 19.9 Å². The summed E-state index contributed by atoms with van der Waals surface area (Å²) >= 11 is 0. The minimum Gasteiger partial charge on any atom is -0.515 e. The van der Waals surface area contributed by atoms with E-state index in [0.717, 1.165) is 0 Å². The summed E-state index contributed by atoms with van der Waals surface area (Å²) in [6, 6.07) is 8.71. The first kappa shape index (κ1) is 10.4. The van der Waals surface area contributed by atoms with Crippen LogP contribution in [0.3, 0.4) is 0 Å². The van der Waals surface area contributed by atoms with Crippen LogP contribution < -0.4 is 0 Å². The normalized spacial score (nSPS) is 27.2. The Kier molecular flexibility index (Phi) is 2.27. The molecule has 1 aliphatic heterocycles. The summed E-state index contributed by atoms with van der Waals surface area (Å²) in [5.74, 6) is -1.31. The van der Waals surface area contributed by atoms with Gasteiger partial charge in [0, 0.05) is 5.56 Å². The molecule has 0 aromatic heterocycles. The molecule has 0 spiro atoms. The molecule has 0 amide bonds. The van der Waals surface area contributed by atoms with Gasteiger partial charge in [-0.05, 0) is 6.92 Å². The molecule has 0 bridgehead atoms. The lowest BCUT2D eigenvalue weighted by molar-refractivity contribution is -0.150. The molecular weight excluding hydrogens is 208 g/mol. The van der Waals surface area contributed by atoms with Crippen molar-refractivity contribution in [3.8, 4) is 0 Å². The Balaban J connectivity index is 2.50. The first-order valence-electron chi connectivity index (χ1n) is 4.77. The molecule has 1 fully saturated rings. The van der Waals surface area contributed by atoms with Gasteiger partial charge >= 0.3 is 5.97 Å². The van der Waals surface area contributed by atoms with Gasteiger partial charge in [-0.25, -0.2) is 4.79 Å². The molecule has 0 radical (unpaired) electrons. The van der Waals surface area contributed by atoms with Crippen molar-refractivity contribution in [3.63, 3.8) is 0 Å². The van der Waals surface area contributed by atoms with Crippen molar-refractivity contribution in [1.82, 2.24) is 0 Å². The number of aliphatic hydroxyl groups excluding tert-OH is 1. The summed E-state index contributed by atoms with van der Waals surface area (Å²) in [5.41, 5.74) is -1.05. The Morgan fingerprint density at radius 2 is 1.88 bits per heavy atom. The van der Waals surface area contributed by atoms with Crippen molar-refractivity contribution in [1.29, 1.82) is 0 Å². The van der Waals surface area contributed by atoms with E-state index < -0.39 is 17.4 Å². The van der Waals surface area contributed by atoms with Gasteiger partial charge in [0.15, 0.2) is 5.60 Å². The van der Waals surface area contributed by atoms with Crippen LogP contribution in [0.4, 0.5) is 0 Å². The molecule has 0 saturated carbocycles. The average Bonchev–Trinajstić information content (AvgIpc) is 2.52. The first-order chi connectivity index (χ1) is 7.59. The highest BCUT2D eigenvalue weighted by Crippen LogP contribution is 2.35. The SMILES string of the molecule is CC1(c2ccccc2)OC(=O)/C(=C/O)C1=O. The van der Waals surface area contributed by atoms with Crippen LogP contribution in [0.15, 0.2) is 42.2 Å². The van der Waals surface area contributed by atoms with Crippen molar-refractivity contribution in [2.24, 2.45) is 0 Å². The molecule has 4 heteroatoms. The number of ether oxygens (including phenoxy) is 1. The van der Waals surface area contributed by atoms with E-state index in [1.165, 1.54) is 6.92 Å². The van der Waals surface area contributed by atoms with Crippen molar-refractivity contribution in [3.05, 3.63) is 47.7 Å². The number of hydrogen-bond donors (Lipinski definition) is 1. The average molecular weight is 218 g/mol. The lowest BCUT2D eigenvalue weighted by Gasteiger charge is -2.20. The smallest absolute Gasteiger partial charge is 0.346 e. The maximum Gasteiger partial charge on any atom is 0.346 e. The Morgan fingerprint density at radius 1 is 1.25 bits per heavy atom.